The van der Waals surface area contributed by atoms with E-state index >= 15 is 0 Å². The van der Waals surface area contributed by atoms with Gasteiger partial charge in [-0.1, -0.05) is 65.0 Å². The van der Waals surface area contributed by atoms with Crippen molar-refractivity contribution in [2.45, 2.75) is 85.5 Å². The molecule has 0 heteroatoms. The highest BCUT2D eigenvalue weighted by Gasteiger charge is 1.99. The minimum absolute atomic E-state index is 0.812. The molecule has 96 valence electrons. The summed E-state index contributed by atoms with van der Waals surface area (Å²) in [5.41, 5.74) is 1.73. The molecule has 0 aromatic heterocycles. The highest BCUT2D eigenvalue weighted by atomic mass is 14.1. The van der Waals surface area contributed by atoms with Crippen molar-refractivity contribution in [1.82, 2.24) is 0 Å². The van der Waals surface area contributed by atoms with E-state index in [1.54, 1.807) is 5.57 Å². The summed E-state index contributed by atoms with van der Waals surface area (Å²) in [7, 11) is 0. The van der Waals surface area contributed by atoms with Gasteiger partial charge in [-0.05, 0) is 38.0 Å². The molecule has 0 unspecified atom stereocenters. The summed E-state index contributed by atoms with van der Waals surface area (Å²) in [6.45, 7) is 9.20. The normalized spacial score (nSPS) is 10.8. The summed E-state index contributed by atoms with van der Waals surface area (Å²) in [6, 6.07) is 0. The molecule has 0 saturated carbocycles. The summed E-state index contributed by atoms with van der Waals surface area (Å²) in [5.74, 6) is 0.812. The molecule has 0 aliphatic heterocycles. The van der Waals surface area contributed by atoms with Gasteiger partial charge >= 0.3 is 0 Å². The van der Waals surface area contributed by atoms with E-state index in [0.29, 0.717) is 0 Å². The average Bonchev–Trinajstić information content (AvgIpc) is 2.25. The van der Waals surface area contributed by atoms with Crippen molar-refractivity contribution < 1.29 is 0 Å². The van der Waals surface area contributed by atoms with Gasteiger partial charge in [-0.25, -0.2) is 0 Å². The van der Waals surface area contributed by atoms with Gasteiger partial charge in [-0.2, -0.15) is 0 Å². The number of hydrogen-bond acceptors (Lipinski definition) is 0. The first-order valence-electron chi connectivity index (χ1n) is 7.38. The molecule has 0 heterocycles. The Morgan fingerprint density at radius 2 is 1.38 bits per heavy atom. The molecule has 0 fully saturated rings. The number of unbranched alkanes of at least 4 members (excludes halogenated alkanes) is 4. The maximum Gasteiger partial charge on any atom is -0.0320 e. The third-order valence-corrected chi connectivity index (χ3v) is 3.08. The monoisotopic (exact) mass is 224 g/mol. The molecule has 16 heavy (non-hydrogen) atoms. The second kappa shape index (κ2) is 11.2. The van der Waals surface area contributed by atoms with Crippen molar-refractivity contribution in [3.63, 3.8) is 0 Å². The molecule has 0 aromatic rings. The summed E-state index contributed by atoms with van der Waals surface area (Å²) >= 11 is 0. The van der Waals surface area contributed by atoms with Crippen molar-refractivity contribution >= 4 is 0 Å². The van der Waals surface area contributed by atoms with Crippen LogP contribution in [0, 0.1) is 5.92 Å². The second-order valence-electron chi connectivity index (χ2n) is 5.41. The fourth-order valence-electron chi connectivity index (χ4n) is 1.94. The Bertz CT molecular complexity index is 153. The number of hydrogen-bond donors (Lipinski definition) is 0. The molecule has 0 spiro atoms. The maximum atomic E-state index is 2.52. The summed E-state index contributed by atoms with van der Waals surface area (Å²) in [4.78, 5) is 0. The Balaban J connectivity index is 3.89. The third-order valence-electron chi connectivity index (χ3n) is 3.08. The molecule has 0 saturated heterocycles. The van der Waals surface area contributed by atoms with E-state index in [0.717, 1.165) is 5.92 Å². The molecular weight excluding hydrogens is 192 g/mol. The molecule has 0 nitrogen and oxygen atoms in total. The minimum atomic E-state index is 0.812. The van der Waals surface area contributed by atoms with E-state index in [-0.39, 0.29) is 0 Å². The third kappa shape index (κ3) is 10.3. The molecule has 0 aromatic carbocycles. The van der Waals surface area contributed by atoms with Crippen LogP contribution in [-0.2, 0) is 0 Å². The Kier molecular flexibility index (Phi) is 11.0. The van der Waals surface area contributed by atoms with Gasteiger partial charge in [0.25, 0.3) is 0 Å². The van der Waals surface area contributed by atoms with Crippen LogP contribution >= 0.6 is 0 Å². The minimum Gasteiger partial charge on any atom is -0.0851 e. The number of allylic oxidation sites excluding steroid dienone is 2. The van der Waals surface area contributed by atoms with Gasteiger partial charge in [0.1, 0.15) is 0 Å². The van der Waals surface area contributed by atoms with Crippen LogP contribution in [0.15, 0.2) is 11.6 Å². The van der Waals surface area contributed by atoms with E-state index in [1.807, 2.05) is 0 Å². The highest BCUT2D eigenvalue weighted by Crippen LogP contribution is 2.18. The van der Waals surface area contributed by atoms with Crippen molar-refractivity contribution in [3.8, 4) is 0 Å². The first kappa shape index (κ1) is 15.7. The number of rotatable bonds is 10. The van der Waals surface area contributed by atoms with Crippen LogP contribution in [-0.4, -0.2) is 0 Å². The molecule has 0 atom stereocenters. The molecule has 0 bridgehead atoms. The first-order valence-corrected chi connectivity index (χ1v) is 7.38. The van der Waals surface area contributed by atoms with Gasteiger partial charge in [0.05, 0.1) is 0 Å². The van der Waals surface area contributed by atoms with Gasteiger partial charge in [0.2, 0.25) is 0 Å². The largest absolute Gasteiger partial charge is 0.0851 e. The fraction of sp³-hybridized carbons (Fsp3) is 0.875. The predicted molar refractivity (Wildman–Crippen MR) is 75.8 cm³/mol. The van der Waals surface area contributed by atoms with E-state index < -0.39 is 0 Å². The second-order valence-corrected chi connectivity index (χ2v) is 5.41. The van der Waals surface area contributed by atoms with Crippen LogP contribution in [0.3, 0.4) is 0 Å². The average molecular weight is 224 g/mol. The maximum absolute atomic E-state index is 2.52. The van der Waals surface area contributed by atoms with E-state index in [4.69, 9.17) is 0 Å². The Labute approximate surface area is 104 Å². The van der Waals surface area contributed by atoms with Crippen LogP contribution in [0.2, 0.25) is 0 Å². The molecule has 0 amide bonds. The fourth-order valence-corrected chi connectivity index (χ4v) is 1.94. The highest BCUT2D eigenvalue weighted by molar-refractivity contribution is 5.02. The van der Waals surface area contributed by atoms with Crippen LogP contribution in [0.25, 0.3) is 0 Å². The summed E-state index contributed by atoms with van der Waals surface area (Å²) < 4.78 is 0. The first-order chi connectivity index (χ1) is 7.70. The van der Waals surface area contributed by atoms with Crippen LogP contribution in [0.4, 0.5) is 0 Å². The topological polar surface area (TPSA) is 0 Å². The summed E-state index contributed by atoms with van der Waals surface area (Å²) in [6.07, 6.45) is 14.8. The standard InChI is InChI=1S/C16H32/c1-5-7-9-11-16(12-10-8-6-2)14-13-15(3)4/h14-15H,5-13H2,1-4H3. The molecule has 0 rings (SSSR count). The Morgan fingerprint density at radius 1 is 0.875 bits per heavy atom. The molecular formula is C16H32. The van der Waals surface area contributed by atoms with Gasteiger partial charge in [0, 0.05) is 0 Å². The quantitative estimate of drug-likeness (QED) is 0.310. The lowest BCUT2D eigenvalue weighted by Crippen LogP contribution is -1.90. The van der Waals surface area contributed by atoms with Gasteiger partial charge < -0.3 is 0 Å². The van der Waals surface area contributed by atoms with Crippen LogP contribution in [0.5, 0.6) is 0 Å². The van der Waals surface area contributed by atoms with Gasteiger partial charge in [-0.3, -0.25) is 0 Å². The zero-order valence-corrected chi connectivity index (χ0v) is 12.0. The van der Waals surface area contributed by atoms with E-state index in [9.17, 15) is 0 Å². The van der Waals surface area contributed by atoms with Crippen molar-refractivity contribution in [2.24, 2.45) is 5.92 Å². The summed E-state index contributed by atoms with van der Waals surface area (Å²) in [5, 5.41) is 0. The Morgan fingerprint density at radius 3 is 1.75 bits per heavy atom. The lowest BCUT2D eigenvalue weighted by atomic mass is 9.98. The zero-order valence-electron chi connectivity index (χ0n) is 12.0. The molecule has 0 N–H and O–H groups in total. The Hall–Kier alpha value is -0.260. The molecule has 0 aliphatic rings. The van der Waals surface area contributed by atoms with Gasteiger partial charge in [-0.15, -0.1) is 0 Å². The van der Waals surface area contributed by atoms with Crippen LogP contribution in [0.1, 0.15) is 85.5 Å². The van der Waals surface area contributed by atoms with Gasteiger partial charge in [0.15, 0.2) is 0 Å². The van der Waals surface area contributed by atoms with E-state index in [1.165, 1.54) is 57.8 Å². The zero-order chi connectivity index (χ0) is 12.2. The van der Waals surface area contributed by atoms with Crippen molar-refractivity contribution in [2.75, 3.05) is 0 Å². The molecule has 0 aliphatic carbocycles. The van der Waals surface area contributed by atoms with Crippen LogP contribution < -0.4 is 0 Å². The van der Waals surface area contributed by atoms with E-state index in [2.05, 4.69) is 33.8 Å². The smallest absolute Gasteiger partial charge is 0.0320 e. The van der Waals surface area contributed by atoms with Crippen molar-refractivity contribution in [3.05, 3.63) is 11.6 Å². The predicted octanol–water partition coefficient (Wildman–Crippen LogP) is 6.12. The SMILES string of the molecule is CCCCCC(=CCC(C)C)CCCCC. The molecule has 0 radical (unpaired) electrons. The lowest BCUT2D eigenvalue weighted by Gasteiger charge is -2.08. The lowest BCUT2D eigenvalue weighted by molar-refractivity contribution is 0.632. The van der Waals surface area contributed by atoms with Crippen molar-refractivity contribution in [1.29, 1.82) is 0 Å².